The van der Waals surface area contributed by atoms with Gasteiger partial charge in [-0.15, -0.1) is 0 Å². The summed E-state index contributed by atoms with van der Waals surface area (Å²) in [5.74, 6) is 0. The van der Waals surface area contributed by atoms with E-state index >= 15 is 0 Å². The minimum absolute atomic E-state index is 0.0128. The molecule has 0 amide bonds. The average molecular weight is 296 g/mol. The van der Waals surface area contributed by atoms with Gasteiger partial charge in [-0.3, -0.25) is 9.13 Å². The number of aryl methyl sites for hydroxylation is 2. The lowest BCUT2D eigenvalue weighted by atomic mass is 10.0. The second-order valence-electron chi connectivity index (χ2n) is 6.11. The molecule has 1 aliphatic rings. The monoisotopic (exact) mass is 296 g/mol. The van der Waals surface area contributed by atoms with E-state index in [1.54, 1.807) is 9.13 Å². The van der Waals surface area contributed by atoms with Crippen LogP contribution >= 0.6 is 0 Å². The molecule has 2 N–H and O–H groups in total. The number of H-pyrrole nitrogens is 1. The van der Waals surface area contributed by atoms with Crippen molar-refractivity contribution in [2.24, 2.45) is 14.1 Å². The van der Waals surface area contributed by atoms with Crippen LogP contribution < -0.4 is 11.0 Å². The summed E-state index contributed by atoms with van der Waals surface area (Å²) in [5, 5.41) is 3.43. The van der Waals surface area contributed by atoms with Gasteiger partial charge in [-0.25, -0.2) is 4.79 Å². The summed E-state index contributed by atoms with van der Waals surface area (Å²) in [6.07, 6.45) is 1.04. The number of fused-ring (bicyclic) bond motifs is 2. The quantitative estimate of drug-likeness (QED) is 0.720. The first-order valence-electron chi connectivity index (χ1n) is 7.65. The summed E-state index contributed by atoms with van der Waals surface area (Å²) in [4.78, 5) is 15.7. The molecule has 22 heavy (non-hydrogen) atoms. The highest BCUT2D eigenvalue weighted by molar-refractivity contribution is 5.83. The van der Waals surface area contributed by atoms with E-state index < -0.39 is 0 Å². The fourth-order valence-corrected chi connectivity index (χ4v) is 3.53. The Morgan fingerprint density at radius 1 is 1.14 bits per heavy atom. The Balaban J connectivity index is 1.93. The van der Waals surface area contributed by atoms with Crippen LogP contribution in [0.25, 0.3) is 22.3 Å². The molecule has 1 aliphatic heterocycles. The van der Waals surface area contributed by atoms with Crippen molar-refractivity contribution in [3.63, 3.8) is 0 Å². The van der Waals surface area contributed by atoms with Gasteiger partial charge in [-0.2, -0.15) is 0 Å². The van der Waals surface area contributed by atoms with Gasteiger partial charge in [0.25, 0.3) is 0 Å². The molecule has 0 aliphatic carbocycles. The molecule has 5 heteroatoms. The second kappa shape index (κ2) is 4.61. The molecular formula is C17H20N4O. The molecule has 2 aromatic heterocycles. The van der Waals surface area contributed by atoms with Crippen LogP contribution in [0.2, 0.25) is 0 Å². The van der Waals surface area contributed by atoms with E-state index in [-0.39, 0.29) is 5.69 Å². The number of rotatable bonds is 1. The first-order valence-corrected chi connectivity index (χ1v) is 7.65. The van der Waals surface area contributed by atoms with Crippen LogP contribution in [0.1, 0.15) is 16.8 Å². The Morgan fingerprint density at radius 3 is 2.68 bits per heavy atom. The van der Waals surface area contributed by atoms with Gasteiger partial charge in [0.1, 0.15) is 0 Å². The Bertz CT molecular complexity index is 942. The normalized spacial score (nSPS) is 14.5. The second-order valence-corrected chi connectivity index (χ2v) is 6.11. The number of nitrogens with zero attached hydrogens (tertiary/aromatic N) is 2. The van der Waals surface area contributed by atoms with Crippen molar-refractivity contribution in [1.29, 1.82) is 0 Å². The van der Waals surface area contributed by atoms with Gasteiger partial charge in [-0.1, -0.05) is 6.07 Å². The predicted octanol–water partition coefficient (Wildman–Crippen LogP) is 1.83. The highest BCUT2D eigenvalue weighted by atomic mass is 16.1. The summed E-state index contributed by atoms with van der Waals surface area (Å²) in [5.41, 5.74) is 8.30. The van der Waals surface area contributed by atoms with Crippen LogP contribution in [0.4, 0.5) is 0 Å². The molecule has 0 bridgehead atoms. The molecule has 114 valence electrons. The number of benzene rings is 1. The fraction of sp³-hybridized carbons (Fsp3) is 0.353. The first kappa shape index (κ1) is 13.4. The van der Waals surface area contributed by atoms with Gasteiger partial charge in [0.15, 0.2) is 0 Å². The number of hydrogen-bond acceptors (Lipinski definition) is 2. The van der Waals surface area contributed by atoms with E-state index in [0.717, 1.165) is 36.1 Å². The summed E-state index contributed by atoms with van der Waals surface area (Å²) in [6.45, 7) is 4.13. The summed E-state index contributed by atoms with van der Waals surface area (Å²) in [7, 11) is 3.64. The molecule has 3 aromatic rings. The molecule has 1 aromatic carbocycles. The van der Waals surface area contributed by atoms with Gasteiger partial charge in [0.2, 0.25) is 0 Å². The topological polar surface area (TPSA) is 54.8 Å². The average Bonchev–Trinajstić information content (AvgIpc) is 2.99. The Hall–Kier alpha value is -2.27. The number of imidazole rings is 1. The van der Waals surface area contributed by atoms with E-state index in [1.165, 1.54) is 22.5 Å². The largest absolute Gasteiger partial charge is 0.358 e. The SMILES string of the molecule is Cc1c(-c2ccc3c(c2)n(C)c(=O)n3C)[nH]c2c1CNCC2. The smallest absolute Gasteiger partial charge is 0.328 e. The lowest BCUT2D eigenvalue weighted by Crippen LogP contribution is -2.23. The van der Waals surface area contributed by atoms with E-state index in [2.05, 4.69) is 29.4 Å². The molecule has 3 heterocycles. The molecule has 0 fully saturated rings. The maximum Gasteiger partial charge on any atom is 0.328 e. The van der Waals surface area contributed by atoms with Crippen LogP contribution in [0.5, 0.6) is 0 Å². The van der Waals surface area contributed by atoms with Crippen molar-refractivity contribution in [1.82, 2.24) is 19.4 Å². The number of nitrogens with one attached hydrogen (secondary N) is 2. The number of hydrogen-bond donors (Lipinski definition) is 2. The number of aromatic nitrogens is 3. The van der Waals surface area contributed by atoms with E-state index in [9.17, 15) is 4.79 Å². The summed E-state index contributed by atoms with van der Waals surface area (Å²) >= 11 is 0. The zero-order valence-electron chi connectivity index (χ0n) is 13.2. The van der Waals surface area contributed by atoms with Crippen molar-refractivity contribution in [2.45, 2.75) is 19.9 Å². The minimum atomic E-state index is 0.0128. The lowest BCUT2D eigenvalue weighted by molar-refractivity contribution is 0.636. The molecule has 0 radical (unpaired) electrons. The summed E-state index contributed by atoms with van der Waals surface area (Å²) in [6, 6.07) is 6.23. The molecule has 0 saturated heterocycles. The number of aromatic amines is 1. The molecule has 0 spiro atoms. The lowest BCUT2D eigenvalue weighted by Gasteiger charge is -2.12. The highest BCUT2D eigenvalue weighted by Crippen LogP contribution is 2.30. The van der Waals surface area contributed by atoms with Crippen molar-refractivity contribution in [2.75, 3.05) is 6.54 Å². The molecule has 4 rings (SSSR count). The maximum absolute atomic E-state index is 12.1. The van der Waals surface area contributed by atoms with Crippen molar-refractivity contribution in [3.8, 4) is 11.3 Å². The first-order chi connectivity index (χ1) is 10.6. The molecule has 0 unspecified atom stereocenters. The van der Waals surface area contributed by atoms with Gasteiger partial charge >= 0.3 is 5.69 Å². The standard InChI is InChI=1S/C17H20N4O/c1-10-12-9-18-7-6-13(12)19-16(10)11-4-5-14-15(8-11)21(3)17(22)20(14)2/h4-5,8,18-19H,6-7,9H2,1-3H3. The Morgan fingerprint density at radius 2 is 1.91 bits per heavy atom. The van der Waals surface area contributed by atoms with Crippen LogP contribution in [0.15, 0.2) is 23.0 Å². The van der Waals surface area contributed by atoms with Crippen LogP contribution in [0, 0.1) is 6.92 Å². The zero-order valence-corrected chi connectivity index (χ0v) is 13.2. The van der Waals surface area contributed by atoms with Crippen molar-refractivity contribution >= 4 is 11.0 Å². The van der Waals surface area contributed by atoms with E-state index in [4.69, 9.17) is 0 Å². The third-order valence-electron chi connectivity index (χ3n) is 4.88. The van der Waals surface area contributed by atoms with Crippen LogP contribution in [-0.2, 0) is 27.1 Å². The third kappa shape index (κ3) is 1.72. The maximum atomic E-state index is 12.1. The van der Waals surface area contributed by atoms with Gasteiger partial charge < -0.3 is 10.3 Å². The van der Waals surface area contributed by atoms with Crippen molar-refractivity contribution < 1.29 is 0 Å². The van der Waals surface area contributed by atoms with E-state index in [0.29, 0.717) is 0 Å². The Labute approximate surface area is 128 Å². The van der Waals surface area contributed by atoms with Crippen LogP contribution in [0.3, 0.4) is 0 Å². The minimum Gasteiger partial charge on any atom is -0.358 e. The fourth-order valence-electron chi connectivity index (χ4n) is 3.53. The highest BCUT2D eigenvalue weighted by Gasteiger charge is 2.18. The van der Waals surface area contributed by atoms with E-state index in [1.807, 2.05) is 20.2 Å². The predicted molar refractivity (Wildman–Crippen MR) is 88.1 cm³/mol. The van der Waals surface area contributed by atoms with Gasteiger partial charge in [0, 0.05) is 50.6 Å². The third-order valence-corrected chi connectivity index (χ3v) is 4.88. The summed E-state index contributed by atoms with van der Waals surface area (Å²) < 4.78 is 3.40. The van der Waals surface area contributed by atoms with Gasteiger partial charge in [-0.05, 0) is 30.2 Å². The molecule has 0 atom stereocenters. The molecule has 5 nitrogen and oxygen atoms in total. The zero-order chi connectivity index (χ0) is 15.4. The molecule has 0 saturated carbocycles. The van der Waals surface area contributed by atoms with Gasteiger partial charge in [0.05, 0.1) is 11.0 Å². The Kier molecular flexibility index (Phi) is 2.81. The van der Waals surface area contributed by atoms with Crippen LogP contribution in [-0.4, -0.2) is 20.7 Å². The van der Waals surface area contributed by atoms with Crippen molar-refractivity contribution in [3.05, 3.63) is 45.5 Å². The molecular weight excluding hydrogens is 276 g/mol.